The molecule has 1 heterocycles. The molecular weight excluding hydrogens is 655 g/mol. The SMILES string of the molecule is c1ccc(-c2ccc(-c3ccccc3-c3ccccc3-c3ccccc3N(c3ccc4ccccc4c3)c3ccc4oc5ccccc5c4c3)cc2)cc1. The number of nitrogens with zero attached hydrogens (tertiary/aromatic N) is 1. The highest BCUT2D eigenvalue weighted by atomic mass is 16.3. The molecule has 2 heteroatoms. The summed E-state index contributed by atoms with van der Waals surface area (Å²) in [5, 5.41) is 4.61. The summed E-state index contributed by atoms with van der Waals surface area (Å²) in [6, 6.07) is 76.0. The molecule has 0 saturated carbocycles. The fourth-order valence-corrected chi connectivity index (χ4v) is 7.89. The van der Waals surface area contributed by atoms with E-state index in [9.17, 15) is 0 Å². The van der Waals surface area contributed by atoms with Gasteiger partial charge in [-0.2, -0.15) is 0 Å². The van der Waals surface area contributed by atoms with Gasteiger partial charge in [0.05, 0.1) is 5.69 Å². The summed E-state index contributed by atoms with van der Waals surface area (Å²) in [7, 11) is 0. The maximum Gasteiger partial charge on any atom is 0.135 e. The summed E-state index contributed by atoms with van der Waals surface area (Å²) in [5.74, 6) is 0. The molecule has 2 nitrogen and oxygen atoms in total. The Labute approximate surface area is 314 Å². The maximum atomic E-state index is 6.27. The van der Waals surface area contributed by atoms with Crippen molar-refractivity contribution >= 4 is 49.8 Å². The summed E-state index contributed by atoms with van der Waals surface area (Å²) in [6.07, 6.45) is 0. The van der Waals surface area contributed by atoms with Crippen LogP contribution in [0.4, 0.5) is 17.1 Å². The molecule has 10 aromatic rings. The summed E-state index contributed by atoms with van der Waals surface area (Å²) in [5.41, 5.74) is 14.5. The Morgan fingerprint density at radius 2 is 0.815 bits per heavy atom. The standard InChI is InChI=1S/C52H35NO/c1-2-14-36(15-3-1)38-26-28-39(29-27-38)43-18-6-7-19-44(43)45-20-8-9-21-46(45)47-22-10-12-24-50(47)53(41-31-30-37-16-4-5-17-40(37)34-41)42-32-33-52-49(35-42)48-23-11-13-25-51(48)54-52/h1-35H. The van der Waals surface area contributed by atoms with Crippen molar-refractivity contribution in [3.63, 3.8) is 0 Å². The zero-order chi connectivity index (χ0) is 35.8. The van der Waals surface area contributed by atoms with Crippen LogP contribution in [0.5, 0.6) is 0 Å². The van der Waals surface area contributed by atoms with E-state index in [1.807, 2.05) is 12.1 Å². The van der Waals surface area contributed by atoms with Crippen LogP contribution in [0.15, 0.2) is 217 Å². The normalized spacial score (nSPS) is 11.3. The Morgan fingerprint density at radius 1 is 0.296 bits per heavy atom. The first-order valence-electron chi connectivity index (χ1n) is 18.4. The van der Waals surface area contributed by atoms with Crippen LogP contribution in [-0.4, -0.2) is 0 Å². The molecule has 0 fully saturated rings. The topological polar surface area (TPSA) is 16.4 Å². The molecule has 0 atom stereocenters. The second-order valence-corrected chi connectivity index (χ2v) is 13.7. The molecular formula is C52H35NO. The van der Waals surface area contributed by atoms with Crippen molar-refractivity contribution in [3.8, 4) is 44.5 Å². The lowest BCUT2D eigenvalue weighted by molar-refractivity contribution is 0.669. The lowest BCUT2D eigenvalue weighted by atomic mass is 9.88. The van der Waals surface area contributed by atoms with Crippen molar-refractivity contribution in [2.75, 3.05) is 4.90 Å². The van der Waals surface area contributed by atoms with Crippen LogP contribution < -0.4 is 4.90 Å². The fourth-order valence-electron chi connectivity index (χ4n) is 7.89. The van der Waals surface area contributed by atoms with E-state index in [4.69, 9.17) is 4.42 Å². The summed E-state index contributed by atoms with van der Waals surface area (Å²) >= 11 is 0. The molecule has 10 rings (SSSR count). The van der Waals surface area contributed by atoms with Crippen molar-refractivity contribution in [2.45, 2.75) is 0 Å². The van der Waals surface area contributed by atoms with Crippen molar-refractivity contribution in [1.29, 1.82) is 0 Å². The van der Waals surface area contributed by atoms with E-state index < -0.39 is 0 Å². The molecule has 9 aromatic carbocycles. The highest BCUT2D eigenvalue weighted by molar-refractivity contribution is 6.07. The van der Waals surface area contributed by atoms with Gasteiger partial charge in [-0.3, -0.25) is 0 Å². The van der Waals surface area contributed by atoms with E-state index in [0.29, 0.717) is 0 Å². The fraction of sp³-hybridized carbons (Fsp3) is 0. The van der Waals surface area contributed by atoms with Crippen LogP contribution in [-0.2, 0) is 0 Å². The summed E-state index contributed by atoms with van der Waals surface area (Å²) < 4.78 is 6.27. The minimum absolute atomic E-state index is 0.880. The first-order valence-corrected chi connectivity index (χ1v) is 18.4. The Morgan fingerprint density at radius 3 is 1.61 bits per heavy atom. The lowest BCUT2D eigenvalue weighted by Gasteiger charge is -2.29. The van der Waals surface area contributed by atoms with E-state index in [1.165, 1.54) is 49.7 Å². The van der Waals surface area contributed by atoms with Gasteiger partial charge >= 0.3 is 0 Å². The highest BCUT2D eigenvalue weighted by Gasteiger charge is 2.21. The molecule has 0 aliphatic heterocycles. The number of para-hydroxylation sites is 2. The van der Waals surface area contributed by atoms with Crippen LogP contribution >= 0.6 is 0 Å². The van der Waals surface area contributed by atoms with Gasteiger partial charge in [-0.25, -0.2) is 0 Å². The van der Waals surface area contributed by atoms with Crippen LogP contribution in [0.25, 0.3) is 77.2 Å². The number of fused-ring (bicyclic) bond motifs is 4. The molecule has 0 saturated heterocycles. The van der Waals surface area contributed by atoms with Gasteiger partial charge in [-0.15, -0.1) is 0 Å². The maximum absolute atomic E-state index is 6.27. The minimum atomic E-state index is 0.880. The van der Waals surface area contributed by atoms with Gasteiger partial charge in [0, 0.05) is 27.7 Å². The third kappa shape index (κ3) is 5.62. The molecule has 0 aliphatic rings. The Bertz CT molecular complexity index is 2940. The van der Waals surface area contributed by atoms with Crippen molar-refractivity contribution in [1.82, 2.24) is 0 Å². The number of hydrogen-bond donors (Lipinski definition) is 0. The average molecular weight is 690 g/mol. The third-order valence-corrected chi connectivity index (χ3v) is 10.5. The average Bonchev–Trinajstić information content (AvgIpc) is 3.62. The molecule has 0 bridgehead atoms. The smallest absolute Gasteiger partial charge is 0.135 e. The van der Waals surface area contributed by atoms with Gasteiger partial charge in [0.1, 0.15) is 11.2 Å². The van der Waals surface area contributed by atoms with Crippen LogP contribution in [0.3, 0.4) is 0 Å². The largest absolute Gasteiger partial charge is 0.456 e. The third-order valence-electron chi connectivity index (χ3n) is 10.5. The number of furan rings is 1. The van der Waals surface area contributed by atoms with E-state index in [1.54, 1.807) is 0 Å². The van der Waals surface area contributed by atoms with Gasteiger partial charge in [0.25, 0.3) is 0 Å². The molecule has 0 N–H and O–H groups in total. The molecule has 254 valence electrons. The van der Waals surface area contributed by atoms with Gasteiger partial charge in [0.2, 0.25) is 0 Å². The zero-order valence-electron chi connectivity index (χ0n) is 29.6. The first kappa shape index (κ1) is 31.6. The van der Waals surface area contributed by atoms with Gasteiger partial charge in [-0.05, 0) is 92.2 Å². The van der Waals surface area contributed by atoms with Gasteiger partial charge < -0.3 is 9.32 Å². The Kier molecular flexibility index (Phi) is 7.85. The lowest BCUT2D eigenvalue weighted by Crippen LogP contribution is -2.11. The molecule has 0 amide bonds. The van der Waals surface area contributed by atoms with E-state index >= 15 is 0 Å². The second-order valence-electron chi connectivity index (χ2n) is 13.7. The van der Waals surface area contributed by atoms with Gasteiger partial charge in [-0.1, -0.05) is 170 Å². The molecule has 0 aliphatic carbocycles. The Hall–Kier alpha value is -7.16. The van der Waals surface area contributed by atoms with E-state index in [2.05, 4.69) is 205 Å². The van der Waals surface area contributed by atoms with E-state index in [0.717, 1.165) is 44.6 Å². The van der Waals surface area contributed by atoms with Gasteiger partial charge in [0.15, 0.2) is 0 Å². The molecule has 0 spiro atoms. The summed E-state index contributed by atoms with van der Waals surface area (Å²) in [6.45, 7) is 0. The number of hydrogen-bond acceptors (Lipinski definition) is 2. The van der Waals surface area contributed by atoms with Crippen LogP contribution in [0, 0.1) is 0 Å². The predicted octanol–water partition coefficient (Wildman–Crippen LogP) is 14.9. The zero-order valence-corrected chi connectivity index (χ0v) is 29.6. The second kappa shape index (κ2) is 13.4. The molecule has 54 heavy (non-hydrogen) atoms. The predicted molar refractivity (Wildman–Crippen MR) is 228 cm³/mol. The van der Waals surface area contributed by atoms with Crippen molar-refractivity contribution in [3.05, 3.63) is 212 Å². The highest BCUT2D eigenvalue weighted by Crippen LogP contribution is 2.46. The first-order chi connectivity index (χ1) is 26.8. The quantitative estimate of drug-likeness (QED) is 0.166. The molecule has 0 radical (unpaired) electrons. The molecule has 0 unspecified atom stereocenters. The van der Waals surface area contributed by atoms with Crippen LogP contribution in [0.1, 0.15) is 0 Å². The van der Waals surface area contributed by atoms with E-state index in [-0.39, 0.29) is 0 Å². The minimum Gasteiger partial charge on any atom is -0.456 e. The Balaban J connectivity index is 1.15. The number of benzene rings is 9. The number of rotatable bonds is 7. The van der Waals surface area contributed by atoms with Crippen molar-refractivity contribution < 1.29 is 4.42 Å². The summed E-state index contributed by atoms with van der Waals surface area (Å²) in [4.78, 5) is 2.40. The monoisotopic (exact) mass is 689 g/mol. The molecule has 1 aromatic heterocycles. The number of anilines is 3. The van der Waals surface area contributed by atoms with Crippen molar-refractivity contribution in [2.24, 2.45) is 0 Å². The van der Waals surface area contributed by atoms with Crippen LogP contribution in [0.2, 0.25) is 0 Å².